The third-order valence-corrected chi connectivity index (χ3v) is 9.95. The van der Waals surface area contributed by atoms with E-state index in [4.69, 9.17) is 0 Å². The van der Waals surface area contributed by atoms with Crippen LogP contribution in [0, 0.1) is 57.3 Å². The van der Waals surface area contributed by atoms with E-state index in [0.717, 1.165) is 11.5 Å². The van der Waals surface area contributed by atoms with Crippen molar-refractivity contribution in [2.45, 2.75) is 154 Å². The smallest absolute Gasteiger partial charge is 0.00749 e. The Balaban J connectivity index is 0.000000781. The number of hydrogen-bond donors (Lipinski definition) is 1. The normalized spacial score (nSPS) is 17.4. The highest BCUT2D eigenvalue weighted by molar-refractivity contribution is 5.68. The van der Waals surface area contributed by atoms with Gasteiger partial charge in [-0.05, 0) is 146 Å². The molecule has 0 bridgehead atoms. The van der Waals surface area contributed by atoms with Crippen LogP contribution in [-0.4, -0.2) is 13.1 Å². The van der Waals surface area contributed by atoms with Crippen LogP contribution in [0.1, 0.15) is 147 Å². The summed E-state index contributed by atoms with van der Waals surface area (Å²) in [5.74, 6) is 1.48. The molecule has 1 saturated carbocycles. The van der Waals surface area contributed by atoms with E-state index in [9.17, 15) is 0 Å². The van der Waals surface area contributed by atoms with E-state index in [2.05, 4.69) is 164 Å². The second-order valence-corrected chi connectivity index (χ2v) is 17.1. The maximum Gasteiger partial charge on any atom is 0.00749 e. The summed E-state index contributed by atoms with van der Waals surface area (Å²) in [5, 5.41) is 3.49. The molecular weight excluding hydrogens is 591 g/mol. The van der Waals surface area contributed by atoms with Crippen molar-refractivity contribution >= 4 is 5.57 Å². The molecule has 0 spiro atoms. The molecule has 1 heteroatoms. The quantitative estimate of drug-likeness (QED) is 0.143. The molecule has 49 heavy (non-hydrogen) atoms. The molecule has 0 radical (unpaired) electrons. The number of benzene rings is 2. The van der Waals surface area contributed by atoms with Crippen LogP contribution in [-0.2, 0) is 0 Å². The van der Waals surface area contributed by atoms with Crippen LogP contribution in [0.5, 0.6) is 0 Å². The molecule has 0 amide bonds. The minimum Gasteiger partial charge on any atom is -0.317 e. The maximum absolute atomic E-state index is 4.39. The lowest BCUT2D eigenvalue weighted by molar-refractivity contribution is 0.165. The SMILES string of the molecule is C=C(/C=C/CCC[C@H](C)CC(C)(C)CC)C1CC(NC)CC(C)(C)C1.C=C(C)C.C=C(C)c1c(C)ccc(C)c1C.Cc1ccc(C)cc1. The zero-order valence-corrected chi connectivity index (χ0v) is 35.1. The fourth-order valence-electron chi connectivity index (χ4n) is 6.82. The molecule has 3 rings (SSSR count). The van der Waals surface area contributed by atoms with E-state index >= 15 is 0 Å². The molecule has 1 fully saturated rings. The largest absolute Gasteiger partial charge is 0.317 e. The van der Waals surface area contributed by atoms with Gasteiger partial charge < -0.3 is 5.32 Å². The third kappa shape index (κ3) is 20.6. The lowest BCUT2D eigenvalue weighted by Gasteiger charge is -2.40. The molecule has 1 aliphatic carbocycles. The Kier molecular flexibility index (Phi) is 21.7. The van der Waals surface area contributed by atoms with Crippen molar-refractivity contribution in [3.8, 4) is 0 Å². The molecule has 2 unspecified atom stereocenters. The van der Waals surface area contributed by atoms with Crippen LogP contribution in [0.15, 0.2) is 79.4 Å². The first kappa shape index (κ1) is 46.4. The maximum atomic E-state index is 4.39. The standard InChI is InChI=1S/C24H45N.C12H16.C8H10.C4H8/c1-9-23(4,5)16-19(2)13-11-10-12-14-20(3)21-15-22(25-8)18-24(6,7)17-21;1-8(2)12-10(4)7-6-9(3)11(12)5;1-7-3-5-8(2)6-4-7;1-4(2)3/h12,14,19,21-22,25H,3,9-11,13,15-18H2,1-2,4-8H3;6-7H,1H2,2-5H3;3-6H,1-2H3;1H2,2-3H3/b14-12+;;;/t19-,21?,22?;;;/m0.../s1. The van der Waals surface area contributed by atoms with Crippen LogP contribution in [0.25, 0.3) is 5.57 Å². The summed E-state index contributed by atoms with van der Waals surface area (Å²) < 4.78 is 0. The third-order valence-electron chi connectivity index (χ3n) is 9.95. The highest BCUT2D eigenvalue weighted by Gasteiger charge is 2.33. The molecule has 1 aliphatic rings. The van der Waals surface area contributed by atoms with E-state index in [1.165, 1.54) is 95.9 Å². The Morgan fingerprint density at radius 1 is 0.898 bits per heavy atom. The van der Waals surface area contributed by atoms with E-state index in [0.29, 0.717) is 22.8 Å². The fraction of sp³-hybridized carbons (Fsp3) is 0.583. The first-order valence-corrected chi connectivity index (χ1v) is 19.0. The van der Waals surface area contributed by atoms with Crippen molar-refractivity contribution in [3.05, 3.63) is 113 Å². The van der Waals surface area contributed by atoms with Gasteiger partial charge in [0.1, 0.15) is 0 Å². The average molecular weight is 670 g/mol. The van der Waals surface area contributed by atoms with Crippen LogP contribution in [0.4, 0.5) is 0 Å². The second-order valence-electron chi connectivity index (χ2n) is 17.1. The Bertz CT molecular complexity index is 1270. The molecular formula is C48H79N. The lowest BCUT2D eigenvalue weighted by atomic mass is 9.68. The van der Waals surface area contributed by atoms with E-state index in [-0.39, 0.29) is 0 Å². The Morgan fingerprint density at radius 3 is 1.86 bits per heavy atom. The number of nitrogens with one attached hydrogen (secondary N) is 1. The van der Waals surface area contributed by atoms with Gasteiger partial charge in [-0.3, -0.25) is 0 Å². The summed E-state index contributed by atoms with van der Waals surface area (Å²) in [7, 11) is 2.10. The zero-order chi connectivity index (χ0) is 37.9. The summed E-state index contributed by atoms with van der Waals surface area (Å²) in [4.78, 5) is 0. The van der Waals surface area contributed by atoms with E-state index in [1.807, 2.05) is 13.8 Å². The monoisotopic (exact) mass is 670 g/mol. The summed E-state index contributed by atoms with van der Waals surface area (Å²) in [5.41, 5.74) is 12.6. The van der Waals surface area contributed by atoms with Gasteiger partial charge in [0.25, 0.3) is 0 Å². The van der Waals surface area contributed by atoms with Gasteiger partial charge in [-0.1, -0.05) is 144 Å². The molecule has 2 aromatic carbocycles. The summed E-state index contributed by atoms with van der Waals surface area (Å²) in [6.45, 7) is 42.9. The molecule has 276 valence electrons. The molecule has 0 aliphatic heterocycles. The molecule has 1 N–H and O–H groups in total. The number of rotatable bonds is 11. The molecule has 1 nitrogen and oxygen atoms in total. The lowest BCUT2D eigenvalue weighted by Crippen LogP contribution is -2.39. The molecule has 0 aromatic heterocycles. The van der Waals surface area contributed by atoms with Crippen LogP contribution in [0.2, 0.25) is 0 Å². The molecule has 2 aromatic rings. The van der Waals surface area contributed by atoms with Crippen molar-refractivity contribution in [3.63, 3.8) is 0 Å². The number of hydrogen-bond acceptors (Lipinski definition) is 1. The fourth-order valence-corrected chi connectivity index (χ4v) is 6.82. The predicted molar refractivity (Wildman–Crippen MR) is 226 cm³/mol. The predicted octanol–water partition coefficient (Wildman–Crippen LogP) is 14.7. The highest BCUT2D eigenvalue weighted by Crippen LogP contribution is 2.41. The van der Waals surface area contributed by atoms with Gasteiger partial charge >= 0.3 is 0 Å². The van der Waals surface area contributed by atoms with Gasteiger partial charge in [-0.2, -0.15) is 0 Å². The molecule has 0 saturated heterocycles. The van der Waals surface area contributed by atoms with Gasteiger partial charge in [0, 0.05) is 6.04 Å². The van der Waals surface area contributed by atoms with E-state index in [1.54, 1.807) is 0 Å². The Hall–Kier alpha value is -2.64. The van der Waals surface area contributed by atoms with E-state index < -0.39 is 0 Å². The second kappa shape index (κ2) is 23.0. The van der Waals surface area contributed by atoms with Crippen molar-refractivity contribution in [2.24, 2.45) is 22.7 Å². The minimum absolute atomic E-state index is 0.425. The van der Waals surface area contributed by atoms with Gasteiger partial charge in [0.05, 0.1) is 0 Å². The molecule has 3 atom stereocenters. The van der Waals surface area contributed by atoms with Gasteiger partial charge in [-0.25, -0.2) is 0 Å². The zero-order valence-electron chi connectivity index (χ0n) is 35.1. The number of aryl methyl sites for hydroxylation is 4. The van der Waals surface area contributed by atoms with Crippen LogP contribution >= 0.6 is 0 Å². The van der Waals surface area contributed by atoms with Gasteiger partial charge in [0.2, 0.25) is 0 Å². The van der Waals surface area contributed by atoms with Crippen molar-refractivity contribution in [1.29, 1.82) is 0 Å². The first-order chi connectivity index (χ1) is 22.6. The number of allylic oxidation sites excluding steroid dienone is 5. The summed E-state index contributed by atoms with van der Waals surface area (Å²) in [6, 6.07) is 13.4. The first-order valence-electron chi connectivity index (χ1n) is 19.0. The minimum atomic E-state index is 0.425. The van der Waals surface area contributed by atoms with Crippen molar-refractivity contribution < 1.29 is 0 Å². The van der Waals surface area contributed by atoms with Gasteiger partial charge in [-0.15, -0.1) is 6.58 Å². The van der Waals surface area contributed by atoms with Crippen molar-refractivity contribution in [2.75, 3.05) is 7.05 Å². The van der Waals surface area contributed by atoms with Crippen LogP contribution in [0.3, 0.4) is 0 Å². The Morgan fingerprint density at radius 2 is 1.41 bits per heavy atom. The van der Waals surface area contributed by atoms with Crippen molar-refractivity contribution in [1.82, 2.24) is 5.32 Å². The Labute approximate surface area is 306 Å². The van der Waals surface area contributed by atoms with Crippen LogP contribution < -0.4 is 5.32 Å². The van der Waals surface area contributed by atoms with Gasteiger partial charge in [0.15, 0.2) is 0 Å². The molecule has 0 heterocycles. The number of unbranched alkanes of at least 4 members (excludes halogenated alkanes) is 1. The summed E-state index contributed by atoms with van der Waals surface area (Å²) in [6.07, 6.45) is 15.0. The topological polar surface area (TPSA) is 12.0 Å². The highest BCUT2D eigenvalue weighted by atomic mass is 14.9. The average Bonchev–Trinajstić information content (AvgIpc) is 2.99. The summed E-state index contributed by atoms with van der Waals surface area (Å²) >= 11 is 0.